The van der Waals surface area contributed by atoms with Gasteiger partial charge in [0.2, 0.25) is 10.0 Å². The topological polar surface area (TPSA) is 85.2 Å². The molecule has 1 aliphatic heterocycles. The Bertz CT molecular complexity index is 1160. The van der Waals surface area contributed by atoms with Crippen molar-refractivity contribution >= 4 is 20.9 Å². The van der Waals surface area contributed by atoms with Crippen molar-refractivity contribution in [1.82, 2.24) is 18.8 Å². The summed E-state index contributed by atoms with van der Waals surface area (Å²) in [4.78, 5) is 20.8. The highest BCUT2D eigenvalue weighted by atomic mass is 32.2. The number of sulfonamides is 1. The van der Waals surface area contributed by atoms with E-state index in [2.05, 4.69) is 9.97 Å². The van der Waals surface area contributed by atoms with Gasteiger partial charge >= 0.3 is 0 Å². The van der Waals surface area contributed by atoms with Crippen LogP contribution in [0.25, 0.3) is 10.9 Å². The van der Waals surface area contributed by atoms with E-state index in [0.29, 0.717) is 43.6 Å². The number of aromatic nitrogens is 3. The minimum absolute atomic E-state index is 0.0353. The quantitative estimate of drug-likeness (QED) is 0.673. The van der Waals surface area contributed by atoms with E-state index in [1.54, 1.807) is 48.4 Å². The molecule has 3 heterocycles. The van der Waals surface area contributed by atoms with E-state index in [1.807, 2.05) is 12.1 Å². The van der Waals surface area contributed by atoms with Crippen molar-refractivity contribution in [1.29, 1.82) is 0 Å². The summed E-state index contributed by atoms with van der Waals surface area (Å²) in [5.41, 5.74) is 1.09. The number of aryl methyl sites for hydroxylation is 1. The SMILES string of the molecule is Cc1cncn(CC2CCN(S(=O)(=O)c3cccc4cccnc34)CC2)c1=O. The zero-order valence-electron chi connectivity index (χ0n) is 15.7. The predicted octanol–water partition coefficient (Wildman–Crippen LogP) is 2.20. The number of hydrogen-bond acceptors (Lipinski definition) is 5. The second-order valence-corrected chi connectivity index (χ2v) is 9.12. The third-order valence-corrected chi connectivity index (χ3v) is 7.24. The lowest BCUT2D eigenvalue weighted by atomic mass is 9.98. The molecule has 0 saturated carbocycles. The molecule has 0 amide bonds. The Morgan fingerprint density at radius 2 is 1.89 bits per heavy atom. The molecule has 3 aromatic rings. The molecule has 0 N–H and O–H groups in total. The highest BCUT2D eigenvalue weighted by Gasteiger charge is 2.31. The molecule has 28 heavy (non-hydrogen) atoms. The van der Waals surface area contributed by atoms with Crippen LogP contribution in [0, 0.1) is 12.8 Å². The molecule has 0 spiro atoms. The summed E-state index contributed by atoms with van der Waals surface area (Å²) in [6.45, 7) is 3.19. The maximum atomic E-state index is 13.2. The number of benzene rings is 1. The summed E-state index contributed by atoms with van der Waals surface area (Å²) < 4.78 is 29.5. The van der Waals surface area contributed by atoms with E-state index in [-0.39, 0.29) is 16.4 Å². The van der Waals surface area contributed by atoms with Crippen LogP contribution in [-0.4, -0.2) is 40.3 Å². The summed E-state index contributed by atoms with van der Waals surface area (Å²) in [5, 5.41) is 0.810. The summed E-state index contributed by atoms with van der Waals surface area (Å²) in [5.74, 6) is 0.249. The number of pyridine rings is 1. The summed E-state index contributed by atoms with van der Waals surface area (Å²) in [7, 11) is -3.61. The van der Waals surface area contributed by atoms with Gasteiger partial charge < -0.3 is 0 Å². The van der Waals surface area contributed by atoms with E-state index in [9.17, 15) is 13.2 Å². The Morgan fingerprint density at radius 1 is 1.14 bits per heavy atom. The van der Waals surface area contributed by atoms with Gasteiger partial charge in [0.25, 0.3) is 5.56 Å². The predicted molar refractivity (Wildman–Crippen MR) is 106 cm³/mol. The second kappa shape index (κ2) is 7.44. The van der Waals surface area contributed by atoms with Crippen molar-refractivity contribution in [2.45, 2.75) is 31.2 Å². The van der Waals surface area contributed by atoms with Crippen LogP contribution in [0.15, 0.2) is 58.7 Å². The molecule has 0 bridgehead atoms. The Hall–Kier alpha value is -2.58. The molecular formula is C20H22N4O3S. The van der Waals surface area contributed by atoms with Gasteiger partial charge in [-0.15, -0.1) is 0 Å². The van der Waals surface area contributed by atoms with Gasteiger partial charge in [-0.05, 0) is 37.8 Å². The molecule has 146 valence electrons. The number of fused-ring (bicyclic) bond motifs is 1. The second-order valence-electron chi connectivity index (χ2n) is 7.21. The lowest BCUT2D eigenvalue weighted by molar-refractivity contribution is 0.251. The Balaban J connectivity index is 1.51. The first-order valence-electron chi connectivity index (χ1n) is 9.32. The van der Waals surface area contributed by atoms with E-state index in [0.717, 1.165) is 5.39 Å². The largest absolute Gasteiger partial charge is 0.299 e. The average Bonchev–Trinajstić information content (AvgIpc) is 2.71. The van der Waals surface area contributed by atoms with Gasteiger partial charge in [0.05, 0.1) is 11.8 Å². The van der Waals surface area contributed by atoms with Gasteiger partial charge in [-0.25, -0.2) is 13.4 Å². The Morgan fingerprint density at radius 3 is 2.68 bits per heavy atom. The highest BCUT2D eigenvalue weighted by Crippen LogP contribution is 2.28. The first-order chi connectivity index (χ1) is 13.5. The van der Waals surface area contributed by atoms with Gasteiger partial charge in [-0.2, -0.15) is 4.31 Å². The first kappa shape index (κ1) is 18.8. The fourth-order valence-corrected chi connectivity index (χ4v) is 5.36. The fourth-order valence-electron chi connectivity index (χ4n) is 3.72. The molecule has 8 heteroatoms. The minimum atomic E-state index is -3.61. The molecular weight excluding hydrogens is 376 g/mol. The standard InChI is InChI=1S/C20H22N4O3S/c1-15-12-21-14-23(20(15)25)13-16-7-10-24(11-8-16)28(26,27)18-6-2-4-17-5-3-9-22-19(17)18/h2-6,9,12,14,16H,7-8,10-11,13H2,1H3. The molecule has 1 aromatic carbocycles. The number of piperidine rings is 1. The normalized spacial score (nSPS) is 16.5. The third-order valence-electron chi connectivity index (χ3n) is 5.31. The zero-order valence-corrected chi connectivity index (χ0v) is 16.5. The number of nitrogens with zero attached hydrogens (tertiary/aromatic N) is 4. The van der Waals surface area contributed by atoms with Gasteiger partial charge in [0.15, 0.2) is 0 Å². The van der Waals surface area contributed by atoms with Crippen molar-refractivity contribution in [2.75, 3.05) is 13.1 Å². The summed E-state index contributed by atoms with van der Waals surface area (Å²) in [6, 6.07) is 8.89. The number of para-hydroxylation sites is 1. The minimum Gasteiger partial charge on any atom is -0.299 e. The van der Waals surface area contributed by atoms with Crippen molar-refractivity contribution in [3.63, 3.8) is 0 Å². The molecule has 1 saturated heterocycles. The van der Waals surface area contributed by atoms with E-state index in [4.69, 9.17) is 0 Å². The molecule has 1 fully saturated rings. The fraction of sp³-hybridized carbons (Fsp3) is 0.350. The lowest BCUT2D eigenvalue weighted by Crippen LogP contribution is -2.40. The molecule has 0 radical (unpaired) electrons. The summed E-state index contributed by atoms with van der Waals surface area (Å²) >= 11 is 0. The Kier molecular flexibility index (Phi) is 4.99. The van der Waals surface area contributed by atoms with E-state index in [1.165, 1.54) is 4.31 Å². The van der Waals surface area contributed by atoms with Crippen molar-refractivity contribution in [3.8, 4) is 0 Å². The van der Waals surface area contributed by atoms with Crippen LogP contribution >= 0.6 is 0 Å². The Labute approximate surface area is 163 Å². The van der Waals surface area contributed by atoms with Crippen LogP contribution in [0.4, 0.5) is 0 Å². The zero-order chi connectivity index (χ0) is 19.7. The highest BCUT2D eigenvalue weighted by molar-refractivity contribution is 7.89. The van der Waals surface area contributed by atoms with Crippen LogP contribution in [0.1, 0.15) is 18.4 Å². The lowest BCUT2D eigenvalue weighted by Gasteiger charge is -2.31. The smallest absolute Gasteiger partial charge is 0.256 e. The van der Waals surface area contributed by atoms with Crippen LogP contribution in [0.5, 0.6) is 0 Å². The molecule has 0 atom stereocenters. The number of rotatable bonds is 4. The van der Waals surface area contributed by atoms with Crippen molar-refractivity contribution in [3.05, 3.63) is 65.0 Å². The molecule has 7 nitrogen and oxygen atoms in total. The van der Waals surface area contributed by atoms with E-state index < -0.39 is 10.0 Å². The molecule has 2 aromatic heterocycles. The maximum Gasteiger partial charge on any atom is 0.256 e. The maximum absolute atomic E-state index is 13.2. The van der Waals surface area contributed by atoms with Crippen LogP contribution in [0.3, 0.4) is 0 Å². The van der Waals surface area contributed by atoms with Gasteiger partial charge in [0, 0.05) is 43.0 Å². The molecule has 1 aliphatic rings. The molecule has 4 rings (SSSR count). The van der Waals surface area contributed by atoms with Gasteiger partial charge in [-0.3, -0.25) is 14.3 Å². The first-order valence-corrected chi connectivity index (χ1v) is 10.8. The monoisotopic (exact) mass is 398 g/mol. The van der Waals surface area contributed by atoms with Crippen LogP contribution < -0.4 is 5.56 Å². The van der Waals surface area contributed by atoms with Crippen LogP contribution in [0.2, 0.25) is 0 Å². The van der Waals surface area contributed by atoms with Crippen molar-refractivity contribution in [2.24, 2.45) is 5.92 Å². The van der Waals surface area contributed by atoms with Gasteiger partial charge in [-0.1, -0.05) is 18.2 Å². The van der Waals surface area contributed by atoms with Crippen LogP contribution in [-0.2, 0) is 16.6 Å². The third kappa shape index (κ3) is 3.45. The average molecular weight is 398 g/mol. The number of hydrogen-bond donors (Lipinski definition) is 0. The van der Waals surface area contributed by atoms with Gasteiger partial charge in [0.1, 0.15) is 4.90 Å². The molecule has 0 aliphatic carbocycles. The van der Waals surface area contributed by atoms with E-state index >= 15 is 0 Å². The molecule has 0 unspecified atom stereocenters. The van der Waals surface area contributed by atoms with Crippen molar-refractivity contribution < 1.29 is 8.42 Å². The summed E-state index contributed by atoms with van der Waals surface area (Å²) in [6.07, 6.45) is 6.14.